The maximum Gasteiger partial charge on any atom is 0.341 e. The fourth-order valence-corrected chi connectivity index (χ4v) is 3.09. The molecule has 5 heteroatoms. The molecule has 1 amide bonds. The SMILES string of the molecule is CC1CCCCC1N(C)C(=O)c1cccc(OCC(=O)O)c1. The highest BCUT2D eigenvalue weighted by molar-refractivity contribution is 5.94. The van der Waals surface area contributed by atoms with Gasteiger partial charge in [0, 0.05) is 18.7 Å². The molecule has 1 aromatic rings. The topological polar surface area (TPSA) is 66.8 Å². The molecular formula is C17H23NO4. The maximum atomic E-state index is 12.6. The van der Waals surface area contributed by atoms with E-state index in [1.165, 1.54) is 6.42 Å². The zero-order valence-corrected chi connectivity index (χ0v) is 13.1. The number of ether oxygens (including phenoxy) is 1. The zero-order valence-electron chi connectivity index (χ0n) is 13.1. The summed E-state index contributed by atoms with van der Waals surface area (Å²) in [5, 5.41) is 8.64. The summed E-state index contributed by atoms with van der Waals surface area (Å²) in [5.41, 5.74) is 0.531. The van der Waals surface area contributed by atoms with Gasteiger partial charge in [0.25, 0.3) is 5.91 Å². The first-order chi connectivity index (χ1) is 10.5. The number of nitrogens with zero attached hydrogens (tertiary/aromatic N) is 1. The van der Waals surface area contributed by atoms with Crippen molar-refractivity contribution in [1.82, 2.24) is 4.90 Å². The molecule has 0 bridgehead atoms. The fourth-order valence-electron chi connectivity index (χ4n) is 3.09. The van der Waals surface area contributed by atoms with Crippen molar-refractivity contribution in [3.63, 3.8) is 0 Å². The van der Waals surface area contributed by atoms with Crippen LogP contribution in [0.4, 0.5) is 0 Å². The second-order valence-corrected chi connectivity index (χ2v) is 5.96. The van der Waals surface area contributed by atoms with E-state index < -0.39 is 12.6 Å². The van der Waals surface area contributed by atoms with E-state index in [1.807, 2.05) is 11.9 Å². The Bertz CT molecular complexity index is 543. The van der Waals surface area contributed by atoms with Crippen LogP contribution in [-0.4, -0.2) is 41.6 Å². The van der Waals surface area contributed by atoms with Crippen molar-refractivity contribution < 1.29 is 19.4 Å². The van der Waals surface area contributed by atoms with Gasteiger partial charge in [0.15, 0.2) is 6.61 Å². The van der Waals surface area contributed by atoms with Crippen molar-refractivity contribution in [2.45, 2.75) is 38.6 Å². The molecule has 2 unspecified atom stereocenters. The highest BCUT2D eigenvalue weighted by Crippen LogP contribution is 2.28. The minimum absolute atomic E-state index is 0.0421. The largest absolute Gasteiger partial charge is 0.482 e. The third-order valence-corrected chi connectivity index (χ3v) is 4.33. The highest BCUT2D eigenvalue weighted by Gasteiger charge is 2.28. The van der Waals surface area contributed by atoms with Gasteiger partial charge in [-0.3, -0.25) is 4.79 Å². The molecule has 0 saturated heterocycles. The molecule has 1 aromatic carbocycles. The number of carbonyl (C=O) groups excluding carboxylic acids is 1. The summed E-state index contributed by atoms with van der Waals surface area (Å²) in [5.74, 6) is -0.170. The van der Waals surface area contributed by atoms with Gasteiger partial charge in [-0.1, -0.05) is 25.8 Å². The lowest BCUT2D eigenvalue weighted by atomic mass is 9.85. The Kier molecular flexibility index (Phi) is 5.41. The van der Waals surface area contributed by atoms with E-state index in [9.17, 15) is 9.59 Å². The number of amides is 1. The Morgan fingerprint density at radius 3 is 2.73 bits per heavy atom. The Labute approximate surface area is 130 Å². The number of carboxylic acids is 1. The van der Waals surface area contributed by atoms with E-state index in [4.69, 9.17) is 9.84 Å². The number of carbonyl (C=O) groups is 2. The van der Waals surface area contributed by atoms with Gasteiger partial charge in [0.05, 0.1) is 0 Å². The molecule has 1 N–H and O–H groups in total. The van der Waals surface area contributed by atoms with E-state index in [0.29, 0.717) is 17.2 Å². The second-order valence-electron chi connectivity index (χ2n) is 5.96. The average molecular weight is 305 g/mol. The molecule has 2 atom stereocenters. The predicted molar refractivity (Wildman–Crippen MR) is 83.1 cm³/mol. The molecule has 0 spiro atoms. The summed E-state index contributed by atoms with van der Waals surface area (Å²) < 4.78 is 5.13. The molecule has 0 radical (unpaired) electrons. The first-order valence-electron chi connectivity index (χ1n) is 7.71. The molecule has 0 aliphatic heterocycles. The first kappa shape index (κ1) is 16.3. The third-order valence-electron chi connectivity index (χ3n) is 4.33. The Morgan fingerprint density at radius 2 is 2.05 bits per heavy atom. The molecule has 1 aliphatic carbocycles. The van der Waals surface area contributed by atoms with Crippen molar-refractivity contribution in [2.75, 3.05) is 13.7 Å². The molecule has 5 nitrogen and oxygen atoms in total. The smallest absolute Gasteiger partial charge is 0.341 e. The molecule has 120 valence electrons. The number of aliphatic carboxylic acids is 1. The van der Waals surface area contributed by atoms with Gasteiger partial charge in [0.2, 0.25) is 0 Å². The van der Waals surface area contributed by atoms with Crippen LogP contribution in [0.25, 0.3) is 0 Å². The second kappa shape index (κ2) is 7.29. The molecule has 0 heterocycles. The molecule has 0 aromatic heterocycles. The van der Waals surface area contributed by atoms with Crippen molar-refractivity contribution in [3.05, 3.63) is 29.8 Å². The third kappa shape index (κ3) is 4.00. The van der Waals surface area contributed by atoms with Crippen LogP contribution in [-0.2, 0) is 4.79 Å². The predicted octanol–water partition coefficient (Wildman–Crippen LogP) is 2.80. The van der Waals surface area contributed by atoms with Crippen LogP contribution in [0, 0.1) is 5.92 Å². The quantitative estimate of drug-likeness (QED) is 0.908. The monoisotopic (exact) mass is 305 g/mol. The standard InChI is InChI=1S/C17H23NO4/c1-12-6-3-4-9-15(12)18(2)17(21)13-7-5-8-14(10-13)22-11-16(19)20/h5,7-8,10,12,15H,3-4,6,9,11H2,1-2H3,(H,19,20). The van der Waals surface area contributed by atoms with Crippen molar-refractivity contribution in [2.24, 2.45) is 5.92 Å². The van der Waals surface area contributed by atoms with Crippen LogP contribution in [0.1, 0.15) is 43.0 Å². The van der Waals surface area contributed by atoms with Gasteiger partial charge >= 0.3 is 5.97 Å². The summed E-state index contributed by atoms with van der Waals surface area (Å²) in [6.07, 6.45) is 4.59. The van der Waals surface area contributed by atoms with Gasteiger partial charge in [-0.2, -0.15) is 0 Å². The van der Waals surface area contributed by atoms with Crippen molar-refractivity contribution in [3.8, 4) is 5.75 Å². The van der Waals surface area contributed by atoms with Crippen LogP contribution < -0.4 is 4.74 Å². The number of rotatable bonds is 5. The summed E-state index contributed by atoms with van der Waals surface area (Å²) in [6.45, 7) is 1.78. The van der Waals surface area contributed by atoms with Gasteiger partial charge in [-0.05, 0) is 37.0 Å². The first-order valence-corrected chi connectivity index (χ1v) is 7.71. The number of carboxylic acid groups (broad SMARTS) is 1. The highest BCUT2D eigenvalue weighted by atomic mass is 16.5. The van der Waals surface area contributed by atoms with Gasteiger partial charge in [-0.25, -0.2) is 4.79 Å². The summed E-state index contributed by atoms with van der Waals surface area (Å²) in [4.78, 5) is 25.0. The summed E-state index contributed by atoms with van der Waals surface area (Å²) >= 11 is 0. The minimum atomic E-state index is -1.04. The number of hydrogen-bond donors (Lipinski definition) is 1. The molecule has 2 rings (SSSR count). The van der Waals surface area contributed by atoms with Crippen LogP contribution in [0.5, 0.6) is 5.75 Å². The molecule has 1 saturated carbocycles. The Morgan fingerprint density at radius 1 is 1.32 bits per heavy atom. The number of hydrogen-bond acceptors (Lipinski definition) is 3. The molecular weight excluding hydrogens is 282 g/mol. The normalized spacial score (nSPS) is 21.2. The fraction of sp³-hybridized carbons (Fsp3) is 0.529. The van der Waals surface area contributed by atoms with Crippen LogP contribution >= 0.6 is 0 Å². The molecule has 1 aliphatic rings. The summed E-state index contributed by atoms with van der Waals surface area (Å²) in [7, 11) is 1.85. The van der Waals surface area contributed by atoms with Crippen LogP contribution in [0.15, 0.2) is 24.3 Å². The van der Waals surface area contributed by atoms with Crippen LogP contribution in [0.2, 0.25) is 0 Å². The summed E-state index contributed by atoms with van der Waals surface area (Å²) in [6, 6.07) is 6.98. The molecule has 1 fully saturated rings. The lowest BCUT2D eigenvalue weighted by molar-refractivity contribution is -0.139. The lowest BCUT2D eigenvalue weighted by Crippen LogP contribution is -2.42. The molecule has 22 heavy (non-hydrogen) atoms. The van der Waals surface area contributed by atoms with E-state index in [2.05, 4.69) is 6.92 Å². The van der Waals surface area contributed by atoms with Crippen molar-refractivity contribution in [1.29, 1.82) is 0 Å². The van der Waals surface area contributed by atoms with Gasteiger partial charge in [-0.15, -0.1) is 0 Å². The maximum absolute atomic E-state index is 12.6. The Hall–Kier alpha value is -2.04. The number of benzene rings is 1. The lowest BCUT2D eigenvalue weighted by Gasteiger charge is -2.36. The van der Waals surface area contributed by atoms with E-state index in [0.717, 1.165) is 19.3 Å². The average Bonchev–Trinajstić information content (AvgIpc) is 2.52. The van der Waals surface area contributed by atoms with E-state index >= 15 is 0 Å². The van der Waals surface area contributed by atoms with E-state index in [-0.39, 0.29) is 11.9 Å². The van der Waals surface area contributed by atoms with Gasteiger partial charge < -0.3 is 14.7 Å². The van der Waals surface area contributed by atoms with Crippen molar-refractivity contribution >= 4 is 11.9 Å². The Balaban J connectivity index is 2.07. The van der Waals surface area contributed by atoms with E-state index in [1.54, 1.807) is 24.3 Å². The minimum Gasteiger partial charge on any atom is -0.482 e. The van der Waals surface area contributed by atoms with Crippen LogP contribution in [0.3, 0.4) is 0 Å². The van der Waals surface area contributed by atoms with Gasteiger partial charge in [0.1, 0.15) is 5.75 Å². The zero-order chi connectivity index (χ0) is 16.1.